The molecule has 1 aliphatic carbocycles. The van der Waals surface area contributed by atoms with Gasteiger partial charge in [-0.05, 0) is 55.2 Å². The Hall–Kier alpha value is -1.02. The molecule has 1 aliphatic rings. The number of rotatable bonds is 4. The summed E-state index contributed by atoms with van der Waals surface area (Å²) in [5.74, 6) is 0.345. The van der Waals surface area contributed by atoms with Crippen LogP contribution in [0.5, 0.6) is 5.75 Å². The van der Waals surface area contributed by atoms with Crippen molar-refractivity contribution >= 4 is 0 Å². The van der Waals surface area contributed by atoms with Crippen molar-refractivity contribution in [3.05, 3.63) is 29.8 Å². The molecule has 0 bridgehead atoms. The highest BCUT2D eigenvalue weighted by atomic mass is 16.3. The molecule has 0 saturated heterocycles. The van der Waals surface area contributed by atoms with Crippen LogP contribution in [0.15, 0.2) is 24.3 Å². The van der Waals surface area contributed by atoms with Crippen molar-refractivity contribution in [2.24, 2.45) is 5.41 Å². The fourth-order valence-electron chi connectivity index (χ4n) is 3.01. The van der Waals surface area contributed by atoms with E-state index in [-0.39, 0.29) is 0 Å². The smallest absolute Gasteiger partial charge is 0.115 e. The second kappa shape index (κ2) is 5.96. The third-order valence-electron chi connectivity index (χ3n) is 4.48. The Kier molecular flexibility index (Phi) is 4.51. The predicted molar refractivity (Wildman–Crippen MR) is 80.3 cm³/mol. The van der Waals surface area contributed by atoms with Gasteiger partial charge < -0.3 is 10.4 Å². The molecule has 19 heavy (non-hydrogen) atoms. The van der Waals surface area contributed by atoms with E-state index in [1.165, 1.54) is 31.2 Å². The molecule has 0 heterocycles. The number of phenolic OH excluding ortho intramolecular Hbond substituents is 1. The van der Waals surface area contributed by atoms with Crippen LogP contribution in [0.2, 0.25) is 0 Å². The van der Waals surface area contributed by atoms with E-state index in [1.807, 2.05) is 12.1 Å². The zero-order chi connectivity index (χ0) is 13.9. The third kappa shape index (κ3) is 3.97. The molecule has 1 aromatic carbocycles. The molecule has 106 valence electrons. The van der Waals surface area contributed by atoms with Crippen LogP contribution < -0.4 is 5.32 Å². The maximum Gasteiger partial charge on any atom is 0.115 e. The summed E-state index contributed by atoms with van der Waals surface area (Å²) in [7, 11) is 0. The molecule has 0 radical (unpaired) electrons. The maximum absolute atomic E-state index is 9.37. The molecule has 1 aromatic rings. The quantitative estimate of drug-likeness (QED) is 0.842. The second-order valence-electron chi connectivity index (χ2n) is 6.66. The summed E-state index contributed by atoms with van der Waals surface area (Å²) in [6.07, 6.45) is 6.28. The van der Waals surface area contributed by atoms with E-state index in [2.05, 4.69) is 26.1 Å². The first-order valence-corrected chi connectivity index (χ1v) is 7.55. The Morgan fingerprint density at radius 3 is 2.32 bits per heavy atom. The van der Waals surface area contributed by atoms with Crippen molar-refractivity contribution in [3.8, 4) is 5.75 Å². The van der Waals surface area contributed by atoms with Crippen molar-refractivity contribution in [2.75, 3.05) is 0 Å². The molecule has 1 atom stereocenters. The first-order valence-electron chi connectivity index (χ1n) is 7.55. The summed E-state index contributed by atoms with van der Waals surface area (Å²) in [6, 6.07) is 8.68. The normalized spacial score (nSPS) is 21.2. The highest BCUT2D eigenvalue weighted by Gasteiger charge is 2.27. The fourth-order valence-corrected chi connectivity index (χ4v) is 3.01. The monoisotopic (exact) mass is 261 g/mol. The van der Waals surface area contributed by atoms with Crippen LogP contribution in [0.4, 0.5) is 0 Å². The number of phenols is 1. The zero-order valence-electron chi connectivity index (χ0n) is 12.4. The molecule has 1 saturated carbocycles. The number of hydrogen-bond donors (Lipinski definition) is 2. The summed E-state index contributed by atoms with van der Waals surface area (Å²) in [6.45, 7) is 6.97. The van der Waals surface area contributed by atoms with Crippen LogP contribution in [0, 0.1) is 5.41 Å². The number of aromatic hydroxyl groups is 1. The molecular weight excluding hydrogens is 234 g/mol. The van der Waals surface area contributed by atoms with Crippen molar-refractivity contribution in [3.63, 3.8) is 0 Å². The van der Waals surface area contributed by atoms with Crippen molar-refractivity contribution in [1.29, 1.82) is 0 Å². The molecule has 0 aromatic heterocycles. The molecule has 2 N–H and O–H groups in total. The van der Waals surface area contributed by atoms with E-state index < -0.39 is 0 Å². The van der Waals surface area contributed by atoms with Gasteiger partial charge in [0.25, 0.3) is 0 Å². The molecule has 2 nitrogen and oxygen atoms in total. The summed E-state index contributed by atoms with van der Waals surface area (Å²) >= 11 is 0. The molecular formula is C17H27NO. The van der Waals surface area contributed by atoms with Crippen LogP contribution in [-0.4, -0.2) is 11.1 Å². The van der Waals surface area contributed by atoms with Crippen molar-refractivity contribution in [1.82, 2.24) is 5.32 Å². The average Bonchev–Trinajstić information content (AvgIpc) is 2.39. The minimum atomic E-state index is 0.345. The van der Waals surface area contributed by atoms with Gasteiger partial charge in [-0.25, -0.2) is 0 Å². The van der Waals surface area contributed by atoms with Crippen LogP contribution in [0.25, 0.3) is 0 Å². The lowest BCUT2D eigenvalue weighted by Crippen LogP contribution is -2.37. The van der Waals surface area contributed by atoms with Gasteiger partial charge in [0.05, 0.1) is 0 Å². The highest BCUT2D eigenvalue weighted by molar-refractivity contribution is 5.28. The summed E-state index contributed by atoms with van der Waals surface area (Å²) in [4.78, 5) is 0. The Bertz CT molecular complexity index is 386. The largest absolute Gasteiger partial charge is 0.508 e. The van der Waals surface area contributed by atoms with E-state index in [1.54, 1.807) is 12.1 Å². The summed E-state index contributed by atoms with van der Waals surface area (Å²) in [5, 5.41) is 13.2. The van der Waals surface area contributed by atoms with E-state index in [9.17, 15) is 5.11 Å². The van der Waals surface area contributed by atoms with Crippen LogP contribution in [0.3, 0.4) is 0 Å². The number of benzene rings is 1. The van der Waals surface area contributed by atoms with Gasteiger partial charge in [-0.2, -0.15) is 0 Å². The van der Waals surface area contributed by atoms with Gasteiger partial charge in [-0.3, -0.25) is 0 Å². The lowest BCUT2D eigenvalue weighted by atomic mass is 9.75. The Balaban J connectivity index is 1.94. The average molecular weight is 261 g/mol. The highest BCUT2D eigenvalue weighted by Crippen LogP contribution is 2.36. The van der Waals surface area contributed by atoms with Crippen molar-refractivity contribution < 1.29 is 5.11 Å². The lowest BCUT2D eigenvalue weighted by Gasteiger charge is -2.36. The third-order valence-corrected chi connectivity index (χ3v) is 4.48. The van der Waals surface area contributed by atoms with E-state index in [0.717, 1.165) is 6.42 Å². The Morgan fingerprint density at radius 2 is 1.79 bits per heavy atom. The maximum atomic E-state index is 9.37. The summed E-state index contributed by atoms with van der Waals surface area (Å²) < 4.78 is 0. The standard InChI is InChI=1S/C17H27NO/c1-4-16(13-5-7-15(19)8-6-13)18-14-9-11-17(2,3)12-10-14/h5-8,14,16,18-19H,4,9-12H2,1-3H3. The molecule has 1 fully saturated rings. The van der Waals surface area contributed by atoms with E-state index in [0.29, 0.717) is 23.2 Å². The number of nitrogens with one attached hydrogen (secondary N) is 1. The SMILES string of the molecule is CCC(NC1CCC(C)(C)CC1)c1ccc(O)cc1. The summed E-state index contributed by atoms with van der Waals surface area (Å²) in [5.41, 5.74) is 1.81. The van der Waals surface area contributed by atoms with Gasteiger partial charge in [0.15, 0.2) is 0 Å². The molecule has 2 heteroatoms. The zero-order valence-corrected chi connectivity index (χ0v) is 12.4. The topological polar surface area (TPSA) is 32.3 Å². The van der Waals surface area contributed by atoms with E-state index >= 15 is 0 Å². The van der Waals surface area contributed by atoms with Crippen LogP contribution >= 0.6 is 0 Å². The molecule has 2 rings (SSSR count). The van der Waals surface area contributed by atoms with Gasteiger partial charge in [-0.1, -0.05) is 32.9 Å². The molecule has 0 amide bonds. The Labute approximate surface area is 117 Å². The fraction of sp³-hybridized carbons (Fsp3) is 0.647. The van der Waals surface area contributed by atoms with Gasteiger partial charge in [0, 0.05) is 12.1 Å². The molecule has 1 unspecified atom stereocenters. The van der Waals surface area contributed by atoms with Gasteiger partial charge >= 0.3 is 0 Å². The van der Waals surface area contributed by atoms with Gasteiger partial charge in [0.2, 0.25) is 0 Å². The predicted octanol–water partition coefficient (Wildman–Crippen LogP) is 4.40. The minimum Gasteiger partial charge on any atom is -0.508 e. The van der Waals surface area contributed by atoms with Crippen molar-refractivity contribution in [2.45, 2.75) is 65.0 Å². The van der Waals surface area contributed by atoms with Gasteiger partial charge in [0.1, 0.15) is 5.75 Å². The lowest BCUT2D eigenvalue weighted by molar-refractivity contribution is 0.197. The molecule has 0 spiro atoms. The van der Waals surface area contributed by atoms with Gasteiger partial charge in [-0.15, -0.1) is 0 Å². The number of hydrogen-bond acceptors (Lipinski definition) is 2. The van der Waals surface area contributed by atoms with E-state index in [4.69, 9.17) is 0 Å². The molecule has 0 aliphatic heterocycles. The van der Waals surface area contributed by atoms with Crippen LogP contribution in [-0.2, 0) is 0 Å². The second-order valence-corrected chi connectivity index (χ2v) is 6.66. The van der Waals surface area contributed by atoms with Crippen LogP contribution in [0.1, 0.15) is 64.5 Å². The first-order chi connectivity index (χ1) is 9.00. The Morgan fingerprint density at radius 1 is 1.21 bits per heavy atom. The minimum absolute atomic E-state index is 0.345. The first kappa shape index (κ1) is 14.4.